The van der Waals surface area contributed by atoms with E-state index in [1.54, 1.807) is 23.9 Å². The summed E-state index contributed by atoms with van der Waals surface area (Å²) in [5, 5.41) is 5.98. The highest BCUT2D eigenvalue weighted by molar-refractivity contribution is 7.99. The number of para-hydroxylation sites is 1. The van der Waals surface area contributed by atoms with Crippen LogP contribution in [-0.2, 0) is 4.79 Å². The molecule has 0 radical (unpaired) electrons. The van der Waals surface area contributed by atoms with Gasteiger partial charge in [-0.1, -0.05) is 42.1 Å². The van der Waals surface area contributed by atoms with Crippen LogP contribution < -0.4 is 15.4 Å². The standard InChI is InChI=1S/C22H21FN2O2S/c23-17-10-12-18(13-11-17)27-15-14-24-22(26)16-25-20-8-4-5-9-21(20)28-19-6-2-1-3-7-19/h1-13,25H,14-16H2,(H,24,26). The SMILES string of the molecule is O=C(CNc1ccccc1Sc1ccccc1)NCCOc1ccc(F)cc1. The quantitative estimate of drug-likeness (QED) is 0.520. The normalized spacial score (nSPS) is 10.3. The molecule has 0 atom stereocenters. The summed E-state index contributed by atoms with van der Waals surface area (Å²) in [5.41, 5.74) is 0.911. The van der Waals surface area contributed by atoms with Crippen LogP contribution in [0.15, 0.2) is 88.7 Å². The zero-order chi connectivity index (χ0) is 19.6. The third-order valence-electron chi connectivity index (χ3n) is 3.80. The molecule has 1 amide bonds. The molecule has 6 heteroatoms. The first kappa shape index (κ1) is 19.8. The number of hydrogen-bond donors (Lipinski definition) is 2. The van der Waals surface area contributed by atoms with Gasteiger partial charge in [0.15, 0.2) is 0 Å². The predicted molar refractivity (Wildman–Crippen MR) is 110 cm³/mol. The number of carbonyl (C=O) groups excluding carboxylic acids is 1. The van der Waals surface area contributed by atoms with E-state index in [4.69, 9.17) is 4.74 Å². The van der Waals surface area contributed by atoms with Crippen molar-refractivity contribution in [2.45, 2.75) is 9.79 Å². The molecule has 0 unspecified atom stereocenters. The number of halogens is 1. The number of ether oxygens (including phenoxy) is 1. The van der Waals surface area contributed by atoms with Crippen molar-refractivity contribution in [2.24, 2.45) is 0 Å². The summed E-state index contributed by atoms with van der Waals surface area (Å²) in [5.74, 6) is 0.139. The van der Waals surface area contributed by atoms with Crippen molar-refractivity contribution >= 4 is 23.4 Å². The molecule has 3 rings (SSSR count). The molecular weight excluding hydrogens is 375 g/mol. The van der Waals surface area contributed by atoms with Crippen LogP contribution in [0.5, 0.6) is 5.75 Å². The van der Waals surface area contributed by atoms with Gasteiger partial charge in [0.2, 0.25) is 5.91 Å². The first-order valence-electron chi connectivity index (χ1n) is 8.91. The van der Waals surface area contributed by atoms with E-state index in [0.29, 0.717) is 18.9 Å². The van der Waals surface area contributed by atoms with Crippen molar-refractivity contribution in [3.05, 3.63) is 84.7 Å². The van der Waals surface area contributed by atoms with Crippen LogP contribution in [0, 0.1) is 5.82 Å². The Hall–Kier alpha value is -2.99. The highest BCUT2D eigenvalue weighted by Crippen LogP contribution is 2.32. The minimum Gasteiger partial charge on any atom is -0.492 e. The molecule has 0 bridgehead atoms. The number of benzene rings is 3. The van der Waals surface area contributed by atoms with Crippen LogP contribution in [-0.4, -0.2) is 25.6 Å². The molecule has 0 aromatic heterocycles. The fourth-order valence-corrected chi connectivity index (χ4v) is 3.39. The van der Waals surface area contributed by atoms with E-state index in [-0.39, 0.29) is 18.3 Å². The maximum absolute atomic E-state index is 12.8. The topological polar surface area (TPSA) is 50.4 Å². The number of carbonyl (C=O) groups is 1. The second kappa shape index (κ2) is 10.4. The summed E-state index contributed by atoms with van der Waals surface area (Å²) in [6.45, 7) is 0.860. The van der Waals surface area contributed by atoms with E-state index in [1.807, 2.05) is 42.5 Å². The maximum Gasteiger partial charge on any atom is 0.239 e. The minimum absolute atomic E-state index is 0.123. The zero-order valence-electron chi connectivity index (χ0n) is 15.2. The summed E-state index contributed by atoms with van der Waals surface area (Å²) in [6, 6.07) is 23.8. The fraction of sp³-hybridized carbons (Fsp3) is 0.136. The Bertz CT molecular complexity index is 889. The molecule has 4 nitrogen and oxygen atoms in total. The Morgan fingerprint density at radius 1 is 0.929 bits per heavy atom. The van der Waals surface area contributed by atoms with Crippen molar-refractivity contribution in [3.63, 3.8) is 0 Å². The van der Waals surface area contributed by atoms with E-state index in [0.717, 1.165) is 15.5 Å². The predicted octanol–water partition coefficient (Wildman–Crippen LogP) is 4.58. The van der Waals surface area contributed by atoms with Gasteiger partial charge in [0, 0.05) is 15.5 Å². The Labute approximate surface area is 168 Å². The summed E-state index contributed by atoms with van der Waals surface area (Å²) >= 11 is 1.65. The molecule has 144 valence electrons. The number of hydrogen-bond acceptors (Lipinski definition) is 4. The number of rotatable bonds is 9. The molecule has 28 heavy (non-hydrogen) atoms. The summed E-state index contributed by atoms with van der Waals surface area (Å²) < 4.78 is 18.3. The lowest BCUT2D eigenvalue weighted by Gasteiger charge is -2.12. The Morgan fingerprint density at radius 3 is 2.43 bits per heavy atom. The molecule has 3 aromatic carbocycles. The average Bonchev–Trinajstić information content (AvgIpc) is 2.73. The summed E-state index contributed by atoms with van der Waals surface area (Å²) in [7, 11) is 0. The van der Waals surface area contributed by atoms with E-state index in [9.17, 15) is 9.18 Å². The van der Waals surface area contributed by atoms with Crippen LogP contribution in [0.2, 0.25) is 0 Å². The lowest BCUT2D eigenvalue weighted by Crippen LogP contribution is -2.33. The van der Waals surface area contributed by atoms with Gasteiger partial charge in [0.05, 0.1) is 13.1 Å². The van der Waals surface area contributed by atoms with Crippen molar-refractivity contribution in [1.82, 2.24) is 5.32 Å². The molecule has 0 saturated heterocycles. The smallest absolute Gasteiger partial charge is 0.239 e. The molecule has 0 aliphatic rings. The Morgan fingerprint density at radius 2 is 1.64 bits per heavy atom. The highest BCUT2D eigenvalue weighted by Gasteiger charge is 2.06. The third-order valence-corrected chi connectivity index (χ3v) is 4.89. The van der Waals surface area contributed by atoms with Crippen molar-refractivity contribution < 1.29 is 13.9 Å². The Kier molecular flexibility index (Phi) is 7.32. The molecule has 0 aliphatic heterocycles. The van der Waals surface area contributed by atoms with Gasteiger partial charge < -0.3 is 15.4 Å². The van der Waals surface area contributed by atoms with Crippen LogP contribution in [0.25, 0.3) is 0 Å². The van der Waals surface area contributed by atoms with E-state index in [1.165, 1.54) is 12.1 Å². The first-order chi connectivity index (χ1) is 13.7. The molecular formula is C22H21FN2O2S. The largest absolute Gasteiger partial charge is 0.492 e. The summed E-state index contributed by atoms with van der Waals surface area (Å²) in [4.78, 5) is 14.3. The molecule has 0 spiro atoms. The highest BCUT2D eigenvalue weighted by atomic mass is 32.2. The zero-order valence-corrected chi connectivity index (χ0v) is 16.0. The molecule has 3 aromatic rings. The van der Waals surface area contributed by atoms with Gasteiger partial charge in [-0.15, -0.1) is 0 Å². The van der Waals surface area contributed by atoms with Crippen molar-refractivity contribution in [1.29, 1.82) is 0 Å². The number of nitrogens with one attached hydrogen (secondary N) is 2. The van der Waals surface area contributed by atoms with Gasteiger partial charge in [0.1, 0.15) is 18.2 Å². The second-order valence-corrected chi connectivity index (χ2v) is 7.03. The third kappa shape index (κ3) is 6.32. The molecule has 0 fully saturated rings. The molecule has 2 N–H and O–H groups in total. The molecule has 0 heterocycles. The lowest BCUT2D eigenvalue weighted by atomic mass is 10.3. The van der Waals surface area contributed by atoms with Crippen molar-refractivity contribution in [2.75, 3.05) is 25.0 Å². The average molecular weight is 396 g/mol. The van der Waals surface area contributed by atoms with Gasteiger partial charge in [-0.25, -0.2) is 4.39 Å². The maximum atomic E-state index is 12.8. The van der Waals surface area contributed by atoms with E-state index >= 15 is 0 Å². The molecule has 0 saturated carbocycles. The summed E-state index contributed by atoms with van der Waals surface area (Å²) in [6.07, 6.45) is 0. The number of anilines is 1. The van der Waals surface area contributed by atoms with Crippen LogP contribution >= 0.6 is 11.8 Å². The van der Waals surface area contributed by atoms with E-state index < -0.39 is 0 Å². The van der Waals surface area contributed by atoms with Crippen LogP contribution in [0.3, 0.4) is 0 Å². The van der Waals surface area contributed by atoms with Gasteiger partial charge in [-0.3, -0.25) is 4.79 Å². The first-order valence-corrected chi connectivity index (χ1v) is 9.73. The minimum atomic E-state index is -0.308. The van der Waals surface area contributed by atoms with Crippen LogP contribution in [0.4, 0.5) is 10.1 Å². The van der Waals surface area contributed by atoms with Gasteiger partial charge in [-0.05, 0) is 48.5 Å². The van der Waals surface area contributed by atoms with E-state index in [2.05, 4.69) is 22.8 Å². The van der Waals surface area contributed by atoms with Crippen molar-refractivity contribution in [3.8, 4) is 5.75 Å². The molecule has 0 aliphatic carbocycles. The van der Waals surface area contributed by atoms with Gasteiger partial charge in [0.25, 0.3) is 0 Å². The van der Waals surface area contributed by atoms with Crippen LogP contribution in [0.1, 0.15) is 0 Å². The lowest BCUT2D eigenvalue weighted by molar-refractivity contribution is -0.119. The fourth-order valence-electron chi connectivity index (χ4n) is 2.45. The second-order valence-electron chi connectivity index (χ2n) is 5.92. The monoisotopic (exact) mass is 396 g/mol. The Balaban J connectivity index is 1.42. The van der Waals surface area contributed by atoms with Gasteiger partial charge >= 0.3 is 0 Å². The van der Waals surface area contributed by atoms with Gasteiger partial charge in [-0.2, -0.15) is 0 Å². The number of amides is 1.